The van der Waals surface area contributed by atoms with Gasteiger partial charge in [-0.25, -0.2) is 0 Å². The average Bonchev–Trinajstić information content (AvgIpc) is 2.41. The summed E-state index contributed by atoms with van der Waals surface area (Å²) < 4.78 is 1.15. The molecule has 1 saturated heterocycles. The number of rotatable bonds is 5. The van der Waals surface area contributed by atoms with Gasteiger partial charge in [0.15, 0.2) is 0 Å². The van der Waals surface area contributed by atoms with Crippen LogP contribution in [-0.4, -0.2) is 31.6 Å². The standard InChI is InChI=1S/C16H25BrN2/c1-13(15-3-5-16(17)6-4-15)18-10-7-14-8-11-19(2)12-9-14/h3-6,13-14,18H,7-12H2,1-2H3. The quantitative estimate of drug-likeness (QED) is 0.885. The maximum absolute atomic E-state index is 3.65. The Morgan fingerprint density at radius 1 is 1.26 bits per heavy atom. The molecule has 0 aliphatic carbocycles. The Labute approximate surface area is 125 Å². The zero-order chi connectivity index (χ0) is 13.7. The molecule has 0 radical (unpaired) electrons. The van der Waals surface area contributed by atoms with Crippen LogP contribution in [0, 0.1) is 5.92 Å². The Hall–Kier alpha value is -0.380. The molecule has 0 aromatic heterocycles. The van der Waals surface area contributed by atoms with Gasteiger partial charge < -0.3 is 10.2 Å². The highest BCUT2D eigenvalue weighted by atomic mass is 79.9. The summed E-state index contributed by atoms with van der Waals surface area (Å²) in [5.41, 5.74) is 1.37. The van der Waals surface area contributed by atoms with E-state index in [4.69, 9.17) is 0 Å². The van der Waals surface area contributed by atoms with E-state index in [1.807, 2.05) is 0 Å². The van der Waals surface area contributed by atoms with E-state index in [0.29, 0.717) is 6.04 Å². The number of hydrogen-bond donors (Lipinski definition) is 1. The van der Waals surface area contributed by atoms with Crippen molar-refractivity contribution < 1.29 is 0 Å². The molecule has 1 aromatic rings. The topological polar surface area (TPSA) is 15.3 Å². The average molecular weight is 325 g/mol. The third kappa shape index (κ3) is 4.90. The largest absolute Gasteiger partial charge is 0.310 e. The van der Waals surface area contributed by atoms with Gasteiger partial charge >= 0.3 is 0 Å². The van der Waals surface area contributed by atoms with Crippen LogP contribution in [0.3, 0.4) is 0 Å². The van der Waals surface area contributed by atoms with Crippen LogP contribution in [0.5, 0.6) is 0 Å². The van der Waals surface area contributed by atoms with Crippen molar-refractivity contribution in [2.45, 2.75) is 32.2 Å². The lowest BCUT2D eigenvalue weighted by atomic mass is 9.93. The van der Waals surface area contributed by atoms with Gasteiger partial charge in [-0.1, -0.05) is 28.1 Å². The molecule has 1 fully saturated rings. The van der Waals surface area contributed by atoms with Crippen molar-refractivity contribution >= 4 is 15.9 Å². The molecule has 1 atom stereocenters. The second-order valence-corrected chi connectivity index (χ2v) is 6.68. The zero-order valence-electron chi connectivity index (χ0n) is 12.0. The molecule has 0 spiro atoms. The first-order valence-electron chi connectivity index (χ1n) is 7.32. The lowest BCUT2D eigenvalue weighted by molar-refractivity contribution is 0.211. The van der Waals surface area contributed by atoms with Crippen molar-refractivity contribution in [1.82, 2.24) is 10.2 Å². The van der Waals surface area contributed by atoms with Crippen LogP contribution in [0.1, 0.15) is 37.8 Å². The molecule has 1 aliphatic rings. The molecular formula is C16H25BrN2. The number of piperidine rings is 1. The minimum Gasteiger partial charge on any atom is -0.310 e. The van der Waals surface area contributed by atoms with Gasteiger partial charge in [0.1, 0.15) is 0 Å². The minimum absolute atomic E-state index is 0.444. The van der Waals surface area contributed by atoms with E-state index in [1.54, 1.807) is 0 Å². The van der Waals surface area contributed by atoms with Crippen LogP contribution in [-0.2, 0) is 0 Å². The smallest absolute Gasteiger partial charge is 0.0291 e. The number of nitrogens with zero attached hydrogens (tertiary/aromatic N) is 1. The Kier molecular flexibility index (Phi) is 5.86. The molecular weight excluding hydrogens is 300 g/mol. The molecule has 3 heteroatoms. The third-order valence-corrected chi connectivity index (χ3v) is 4.74. The van der Waals surface area contributed by atoms with Gasteiger partial charge in [0.25, 0.3) is 0 Å². The molecule has 1 aliphatic heterocycles. The summed E-state index contributed by atoms with van der Waals surface area (Å²) in [5, 5.41) is 3.65. The van der Waals surface area contributed by atoms with Crippen LogP contribution in [0.15, 0.2) is 28.7 Å². The molecule has 2 rings (SSSR count). The molecule has 106 valence electrons. The summed E-state index contributed by atoms with van der Waals surface area (Å²) >= 11 is 3.48. The van der Waals surface area contributed by atoms with Gasteiger partial charge in [0.2, 0.25) is 0 Å². The summed E-state index contributed by atoms with van der Waals surface area (Å²) in [5.74, 6) is 0.917. The van der Waals surface area contributed by atoms with E-state index in [0.717, 1.165) is 16.9 Å². The van der Waals surface area contributed by atoms with Crippen LogP contribution in [0.4, 0.5) is 0 Å². The van der Waals surface area contributed by atoms with Gasteiger partial charge in [-0.2, -0.15) is 0 Å². The van der Waals surface area contributed by atoms with Gasteiger partial charge in [-0.05, 0) is 76.5 Å². The second kappa shape index (κ2) is 7.41. The molecule has 1 N–H and O–H groups in total. The fourth-order valence-electron chi connectivity index (χ4n) is 2.72. The van der Waals surface area contributed by atoms with Crippen LogP contribution >= 0.6 is 15.9 Å². The van der Waals surface area contributed by atoms with E-state index in [2.05, 4.69) is 64.4 Å². The number of nitrogens with one attached hydrogen (secondary N) is 1. The molecule has 0 saturated carbocycles. The summed E-state index contributed by atoms with van der Waals surface area (Å²) in [4.78, 5) is 2.44. The highest BCUT2D eigenvalue weighted by molar-refractivity contribution is 9.10. The summed E-state index contributed by atoms with van der Waals surface area (Å²) in [6.45, 7) is 5.92. The molecule has 1 aromatic carbocycles. The zero-order valence-corrected chi connectivity index (χ0v) is 13.6. The maximum Gasteiger partial charge on any atom is 0.0291 e. The number of benzene rings is 1. The number of likely N-dealkylation sites (tertiary alicyclic amines) is 1. The fourth-order valence-corrected chi connectivity index (χ4v) is 2.99. The predicted octanol–water partition coefficient (Wildman–Crippen LogP) is 3.83. The van der Waals surface area contributed by atoms with E-state index in [-0.39, 0.29) is 0 Å². The Balaban J connectivity index is 1.69. The molecule has 1 heterocycles. The van der Waals surface area contributed by atoms with Crippen LogP contribution in [0.2, 0.25) is 0 Å². The first-order chi connectivity index (χ1) is 9.15. The highest BCUT2D eigenvalue weighted by Gasteiger charge is 2.16. The lowest BCUT2D eigenvalue weighted by Gasteiger charge is -2.29. The number of halogens is 1. The maximum atomic E-state index is 3.65. The first kappa shape index (κ1) is 15.0. The summed E-state index contributed by atoms with van der Waals surface area (Å²) in [7, 11) is 2.23. The fraction of sp³-hybridized carbons (Fsp3) is 0.625. The Bertz CT molecular complexity index is 369. The lowest BCUT2D eigenvalue weighted by Crippen LogP contribution is -2.32. The van der Waals surface area contributed by atoms with Gasteiger partial charge in [-0.3, -0.25) is 0 Å². The normalized spacial score (nSPS) is 19.5. The third-order valence-electron chi connectivity index (χ3n) is 4.21. The van der Waals surface area contributed by atoms with Gasteiger partial charge in [0.05, 0.1) is 0 Å². The van der Waals surface area contributed by atoms with Crippen LogP contribution in [0.25, 0.3) is 0 Å². The molecule has 0 amide bonds. The van der Waals surface area contributed by atoms with Crippen molar-refractivity contribution in [2.75, 3.05) is 26.7 Å². The monoisotopic (exact) mass is 324 g/mol. The minimum atomic E-state index is 0.444. The van der Waals surface area contributed by atoms with Crippen molar-refractivity contribution in [2.24, 2.45) is 5.92 Å². The van der Waals surface area contributed by atoms with E-state index < -0.39 is 0 Å². The Morgan fingerprint density at radius 2 is 1.89 bits per heavy atom. The SMILES string of the molecule is CC(NCCC1CCN(C)CC1)c1ccc(Br)cc1. The summed E-state index contributed by atoms with van der Waals surface area (Å²) in [6.07, 6.45) is 4.05. The molecule has 1 unspecified atom stereocenters. The van der Waals surface area contributed by atoms with Crippen LogP contribution < -0.4 is 5.32 Å². The first-order valence-corrected chi connectivity index (χ1v) is 8.12. The molecule has 2 nitrogen and oxygen atoms in total. The molecule has 19 heavy (non-hydrogen) atoms. The van der Waals surface area contributed by atoms with E-state index in [9.17, 15) is 0 Å². The second-order valence-electron chi connectivity index (χ2n) is 5.76. The Morgan fingerprint density at radius 3 is 2.53 bits per heavy atom. The van der Waals surface area contributed by atoms with Crippen molar-refractivity contribution in [3.05, 3.63) is 34.3 Å². The van der Waals surface area contributed by atoms with Gasteiger partial charge in [-0.15, -0.1) is 0 Å². The van der Waals surface area contributed by atoms with E-state index in [1.165, 1.54) is 37.9 Å². The van der Waals surface area contributed by atoms with Crippen molar-refractivity contribution in [3.8, 4) is 0 Å². The predicted molar refractivity (Wildman–Crippen MR) is 85.4 cm³/mol. The number of hydrogen-bond acceptors (Lipinski definition) is 2. The van der Waals surface area contributed by atoms with Gasteiger partial charge in [0, 0.05) is 10.5 Å². The van der Waals surface area contributed by atoms with Crippen molar-refractivity contribution in [1.29, 1.82) is 0 Å². The summed E-state index contributed by atoms with van der Waals surface area (Å²) in [6, 6.07) is 9.06. The van der Waals surface area contributed by atoms with Crippen molar-refractivity contribution in [3.63, 3.8) is 0 Å². The van der Waals surface area contributed by atoms with E-state index >= 15 is 0 Å². The molecule has 0 bridgehead atoms. The highest BCUT2D eigenvalue weighted by Crippen LogP contribution is 2.20.